The van der Waals surface area contributed by atoms with Gasteiger partial charge in [-0.05, 0) is 42.2 Å². The molecule has 2 saturated heterocycles. The number of benzene rings is 1. The number of piperidine rings is 1. The molecule has 4 aliphatic heterocycles. The highest BCUT2D eigenvalue weighted by atomic mass is 32.3. The van der Waals surface area contributed by atoms with Crippen molar-refractivity contribution in [3.8, 4) is 0 Å². The zero-order valence-corrected chi connectivity index (χ0v) is 21.7. The number of nitrogens with one attached hydrogen (secondary N) is 1. The molecular weight excluding hydrogens is 474 g/mol. The summed E-state index contributed by atoms with van der Waals surface area (Å²) in [5.41, 5.74) is 4.51. The van der Waals surface area contributed by atoms with Crippen LogP contribution in [0.1, 0.15) is 24.0 Å². The lowest BCUT2D eigenvalue weighted by Crippen LogP contribution is -2.42. The van der Waals surface area contributed by atoms with Gasteiger partial charge in [0, 0.05) is 42.2 Å². The Morgan fingerprint density at radius 1 is 1.22 bits per heavy atom. The molecule has 4 aliphatic rings. The van der Waals surface area contributed by atoms with Crippen molar-refractivity contribution in [2.45, 2.75) is 26.2 Å². The molecule has 0 bridgehead atoms. The maximum atomic E-state index is 12.8. The maximum Gasteiger partial charge on any atom is 0.410 e. The first-order chi connectivity index (χ1) is 17.6. The summed E-state index contributed by atoms with van der Waals surface area (Å²) in [5, 5.41) is 3.61. The fourth-order valence-electron chi connectivity index (χ4n) is 5.20. The second kappa shape index (κ2) is 9.86. The number of fused-ring (bicyclic) bond motifs is 3. The summed E-state index contributed by atoms with van der Waals surface area (Å²) in [6.45, 7) is 3.75. The Labute approximate surface area is 214 Å². The number of hydrogen-bond donors (Lipinski definition) is 1. The highest BCUT2D eigenvalue weighted by molar-refractivity contribution is 8.38. The zero-order valence-electron chi connectivity index (χ0n) is 20.9. The van der Waals surface area contributed by atoms with E-state index in [0.717, 1.165) is 42.9 Å². The molecule has 5 heterocycles. The van der Waals surface area contributed by atoms with Gasteiger partial charge in [-0.3, -0.25) is 0 Å². The average molecular weight is 510 g/mol. The van der Waals surface area contributed by atoms with E-state index in [9.17, 15) is 4.79 Å². The van der Waals surface area contributed by atoms with Crippen LogP contribution in [0.25, 0.3) is 5.70 Å². The first-order valence-corrected chi connectivity index (χ1v) is 15.4. The van der Waals surface area contributed by atoms with E-state index in [1.165, 1.54) is 28.7 Å². The van der Waals surface area contributed by atoms with Crippen LogP contribution in [0.4, 0.5) is 10.6 Å². The minimum atomic E-state index is -0.316. The predicted molar refractivity (Wildman–Crippen MR) is 144 cm³/mol. The third kappa shape index (κ3) is 4.86. The van der Waals surface area contributed by atoms with Crippen molar-refractivity contribution in [2.75, 3.05) is 49.9 Å². The van der Waals surface area contributed by atoms with Gasteiger partial charge in [-0.25, -0.2) is 19.8 Å². The summed E-state index contributed by atoms with van der Waals surface area (Å²) in [5.74, 6) is 5.20. The van der Waals surface area contributed by atoms with Crippen LogP contribution < -0.4 is 5.32 Å². The Kier molecular flexibility index (Phi) is 6.43. The van der Waals surface area contributed by atoms with Crippen LogP contribution in [0.3, 0.4) is 0 Å². The van der Waals surface area contributed by atoms with Crippen molar-refractivity contribution in [3.63, 3.8) is 0 Å². The Morgan fingerprint density at radius 3 is 2.92 bits per heavy atom. The Balaban J connectivity index is 1.13. The molecule has 1 unspecified atom stereocenters. The molecule has 1 aromatic carbocycles. The van der Waals surface area contributed by atoms with Gasteiger partial charge in [-0.2, -0.15) is 0 Å². The normalized spacial score (nSPS) is 22.6. The molecule has 36 heavy (non-hydrogen) atoms. The minimum Gasteiger partial charge on any atom is -0.445 e. The summed E-state index contributed by atoms with van der Waals surface area (Å²) in [6, 6.07) is 12.0. The van der Waals surface area contributed by atoms with Crippen molar-refractivity contribution in [1.82, 2.24) is 19.7 Å². The highest BCUT2D eigenvalue weighted by Crippen LogP contribution is 2.57. The second-order valence-corrected chi connectivity index (χ2v) is 14.5. The number of amides is 1. The summed E-state index contributed by atoms with van der Waals surface area (Å²) < 4.78 is 13.7. The molecule has 0 radical (unpaired) electrons. The molecule has 1 aromatic heterocycles. The SMILES string of the molecule is CS1(CCOCn2ccc3c2N=CN2CNC(C4CCCN(C(=O)OCc5ccccc5)C4)=C32)CC1. The summed E-state index contributed by atoms with van der Waals surface area (Å²) in [6.07, 6.45) is 8.18. The number of carbonyl (C=O) groups is 1. The van der Waals surface area contributed by atoms with Crippen LogP contribution >= 0.6 is 10.0 Å². The topological polar surface area (TPSA) is 71.3 Å². The number of ether oxygens (including phenoxy) is 2. The number of carbonyl (C=O) groups excluding carboxylic acids is 1. The molecule has 9 heteroatoms. The van der Waals surface area contributed by atoms with Crippen LogP contribution in [0, 0.1) is 5.92 Å². The van der Waals surface area contributed by atoms with E-state index < -0.39 is 0 Å². The van der Waals surface area contributed by atoms with Gasteiger partial charge in [0.2, 0.25) is 0 Å². The van der Waals surface area contributed by atoms with Crippen LogP contribution in [0.2, 0.25) is 0 Å². The molecule has 0 aliphatic carbocycles. The number of likely N-dealkylation sites (tertiary alicyclic amines) is 1. The van der Waals surface area contributed by atoms with E-state index in [2.05, 4.69) is 33.3 Å². The first kappa shape index (κ1) is 23.5. The fraction of sp³-hybridized carbons (Fsp3) is 0.481. The number of hydrogen-bond acceptors (Lipinski definition) is 6. The van der Waals surface area contributed by atoms with E-state index in [4.69, 9.17) is 14.5 Å². The molecule has 1 atom stereocenters. The lowest BCUT2D eigenvalue weighted by atomic mass is 9.92. The van der Waals surface area contributed by atoms with E-state index in [1.807, 2.05) is 41.6 Å². The number of rotatable bonds is 8. The van der Waals surface area contributed by atoms with E-state index in [1.54, 1.807) is 0 Å². The van der Waals surface area contributed by atoms with Crippen molar-refractivity contribution in [2.24, 2.45) is 10.9 Å². The van der Waals surface area contributed by atoms with Gasteiger partial charge >= 0.3 is 6.09 Å². The Hall–Kier alpha value is -2.91. The molecule has 0 saturated carbocycles. The number of aromatic nitrogens is 1. The third-order valence-electron chi connectivity index (χ3n) is 7.64. The van der Waals surface area contributed by atoms with E-state index >= 15 is 0 Å². The average Bonchev–Trinajstić information content (AvgIpc) is 3.30. The molecule has 1 amide bonds. The fourth-order valence-corrected chi connectivity index (χ4v) is 7.27. The van der Waals surface area contributed by atoms with Crippen molar-refractivity contribution in [3.05, 3.63) is 59.4 Å². The third-order valence-corrected chi connectivity index (χ3v) is 10.6. The van der Waals surface area contributed by atoms with Crippen molar-refractivity contribution >= 4 is 34.0 Å². The lowest BCUT2D eigenvalue weighted by Gasteiger charge is -2.33. The van der Waals surface area contributed by atoms with Gasteiger partial charge in [0.15, 0.2) is 0 Å². The molecule has 2 aromatic rings. The minimum absolute atomic E-state index is 0.236. The van der Waals surface area contributed by atoms with Crippen LogP contribution in [0.5, 0.6) is 0 Å². The van der Waals surface area contributed by atoms with Gasteiger partial charge in [0.25, 0.3) is 0 Å². The van der Waals surface area contributed by atoms with Gasteiger partial charge in [-0.15, -0.1) is 0 Å². The molecule has 0 spiro atoms. The monoisotopic (exact) mass is 509 g/mol. The maximum absolute atomic E-state index is 12.8. The predicted octanol–water partition coefficient (Wildman–Crippen LogP) is 4.16. The van der Waals surface area contributed by atoms with Crippen molar-refractivity contribution in [1.29, 1.82) is 0 Å². The molecule has 8 nitrogen and oxygen atoms in total. The summed E-state index contributed by atoms with van der Waals surface area (Å²) in [4.78, 5) is 21.6. The Bertz CT molecular complexity index is 1170. The summed E-state index contributed by atoms with van der Waals surface area (Å²) in [7, 11) is -0.316. The molecular formula is C27H35N5O3S. The first-order valence-electron chi connectivity index (χ1n) is 12.8. The van der Waals surface area contributed by atoms with Gasteiger partial charge < -0.3 is 29.2 Å². The molecule has 6 rings (SSSR count). The van der Waals surface area contributed by atoms with Crippen LogP contribution in [0.15, 0.2) is 53.3 Å². The quantitative estimate of drug-likeness (QED) is 0.427. The highest BCUT2D eigenvalue weighted by Gasteiger charge is 2.36. The van der Waals surface area contributed by atoms with Crippen molar-refractivity contribution < 1.29 is 14.3 Å². The van der Waals surface area contributed by atoms with E-state index in [-0.39, 0.29) is 22.0 Å². The summed E-state index contributed by atoms with van der Waals surface area (Å²) >= 11 is 0. The zero-order chi connectivity index (χ0) is 24.5. The van der Waals surface area contributed by atoms with Gasteiger partial charge in [0.05, 0.1) is 25.3 Å². The number of nitrogens with zero attached hydrogens (tertiary/aromatic N) is 4. The molecule has 192 valence electrons. The molecule has 2 fully saturated rings. The van der Waals surface area contributed by atoms with Crippen LogP contribution in [-0.2, 0) is 22.8 Å². The van der Waals surface area contributed by atoms with Crippen LogP contribution in [-0.4, -0.2) is 76.7 Å². The van der Waals surface area contributed by atoms with Gasteiger partial charge in [-0.1, -0.05) is 30.3 Å². The second-order valence-electron chi connectivity index (χ2n) is 10.3. The Morgan fingerprint density at radius 2 is 2.08 bits per heavy atom. The van der Waals surface area contributed by atoms with Gasteiger partial charge in [0.1, 0.15) is 19.2 Å². The standard InChI is InChI=1S/C27H35N5O3S/c1-36(14-15-36)13-12-34-20-31-11-9-23-25-24(28-18-32(25)19-29-26(23)31)22-8-5-10-30(16-22)27(33)35-17-21-6-3-2-4-7-21/h2-4,6-7,9,11,19,22,28H,5,8,10,12-18,20H2,1H3. The number of aliphatic imine (C=N–C) groups is 1. The lowest BCUT2D eigenvalue weighted by molar-refractivity contribution is 0.0822. The largest absolute Gasteiger partial charge is 0.445 e. The van der Waals surface area contributed by atoms with E-state index in [0.29, 0.717) is 26.6 Å². The smallest absolute Gasteiger partial charge is 0.410 e. The molecule has 1 N–H and O–H groups in total.